The highest BCUT2D eigenvalue weighted by molar-refractivity contribution is 5.92. The Morgan fingerprint density at radius 2 is 1.97 bits per heavy atom. The van der Waals surface area contributed by atoms with E-state index in [9.17, 15) is 4.79 Å². The summed E-state index contributed by atoms with van der Waals surface area (Å²) in [6.07, 6.45) is 3.81. The van der Waals surface area contributed by atoms with Gasteiger partial charge in [0.2, 0.25) is 0 Å². The summed E-state index contributed by atoms with van der Waals surface area (Å²) in [7, 11) is 0. The highest BCUT2D eigenvalue weighted by atomic mass is 16.5. The Balaban J connectivity index is 1.51. The first kappa shape index (κ1) is 19.5. The third-order valence-electron chi connectivity index (χ3n) is 4.84. The Labute approximate surface area is 175 Å². The van der Waals surface area contributed by atoms with Crippen LogP contribution < -0.4 is 15.8 Å². The van der Waals surface area contributed by atoms with Crippen molar-refractivity contribution in [2.45, 2.75) is 19.8 Å². The summed E-state index contributed by atoms with van der Waals surface area (Å²) in [5.41, 5.74) is 10.8. The van der Waals surface area contributed by atoms with E-state index < -0.39 is 0 Å². The van der Waals surface area contributed by atoms with Gasteiger partial charge in [-0.15, -0.1) is 0 Å². The Bertz CT molecular complexity index is 1200. The van der Waals surface area contributed by atoms with Crippen LogP contribution in [0.25, 0.3) is 16.9 Å². The van der Waals surface area contributed by atoms with Crippen molar-refractivity contribution in [3.63, 3.8) is 0 Å². The first-order valence-electron chi connectivity index (χ1n) is 9.86. The van der Waals surface area contributed by atoms with E-state index in [1.165, 1.54) is 0 Å². The molecule has 0 bridgehead atoms. The van der Waals surface area contributed by atoms with Gasteiger partial charge in [0.05, 0.1) is 5.69 Å². The van der Waals surface area contributed by atoms with Crippen molar-refractivity contribution in [2.24, 2.45) is 0 Å². The molecule has 0 saturated carbocycles. The number of carbonyl (C=O) groups excluding carboxylic acids is 1. The van der Waals surface area contributed by atoms with E-state index in [4.69, 9.17) is 10.5 Å². The minimum absolute atomic E-state index is 0.105. The van der Waals surface area contributed by atoms with Gasteiger partial charge in [-0.1, -0.05) is 44.2 Å². The number of anilines is 2. The summed E-state index contributed by atoms with van der Waals surface area (Å²) in [6, 6.07) is 19.0. The number of rotatable bonds is 6. The number of para-hydroxylation sites is 1. The molecule has 6 nitrogen and oxygen atoms in total. The third-order valence-corrected chi connectivity index (χ3v) is 4.84. The number of aromatic nitrogens is 2. The maximum absolute atomic E-state index is 12.5. The van der Waals surface area contributed by atoms with E-state index in [2.05, 4.69) is 24.1 Å². The van der Waals surface area contributed by atoms with Crippen molar-refractivity contribution < 1.29 is 9.53 Å². The molecule has 1 amide bonds. The van der Waals surface area contributed by atoms with Gasteiger partial charge in [0.15, 0.2) is 18.0 Å². The van der Waals surface area contributed by atoms with Crippen LogP contribution >= 0.6 is 0 Å². The summed E-state index contributed by atoms with van der Waals surface area (Å²) in [5.74, 6) is 0.638. The van der Waals surface area contributed by atoms with Crippen molar-refractivity contribution in [3.05, 3.63) is 78.6 Å². The molecule has 0 unspecified atom stereocenters. The van der Waals surface area contributed by atoms with Crippen LogP contribution in [0.1, 0.15) is 25.3 Å². The number of nitrogens with zero attached hydrogens (tertiary/aromatic N) is 2. The first-order valence-corrected chi connectivity index (χ1v) is 9.86. The standard InChI is InChI=1S/C24H24N4O2/c1-16(2)19-9-3-4-10-20(19)26-23(29)15-30-22-11-6-12-28-14-21(27-24(22)28)17-7-5-8-18(25)13-17/h3-14,16H,15,25H2,1-2H3,(H,26,29). The average molecular weight is 400 g/mol. The second-order valence-electron chi connectivity index (χ2n) is 7.43. The SMILES string of the molecule is CC(C)c1ccccc1NC(=O)COc1cccn2cc(-c3cccc(N)c3)nc12. The van der Waals surface area contributed by atoms with Crippen molar-refractivity contribution in [3.8, 4) is 17.0 Å². The molecule has 0 atom stereocenters. The highest BCUT2D eigenvalue weighted by Gasteiger charge is 2.13. The van der Waals surface area contributed by atoms with Crippen molar-refractivity contribution >= 4 is 22.9 Å². The van der Waals surface area contributed by atoms with E-state index in [-0.39, 0.29) is 12.5 Å². The van der Waals surface area contributed by atoms with Gasteiger partial charge in [-0.25, -0.2) is 4.98 Å². The molecule has 2 aromatic carbocycles. The van der Waals surface area contributed by atoms with Gasteiger partial charge in [-0.3, -0.25) is 4.79 Å². The molecule has 152 valence electrons. The van der Waals surface area contributed by atoms with Crippen LogP contribution in [0.15, 0.2) is 73.1 Å². The number of nitrogens with two attached hydrogens (primary N) is 1. The number of nitrogen functional groups attached to an aromatic ring is 1. The summed E-state index contributed by atoms with van der Waals surface area (Å²) in [6.45, 7) is 4.09. The van der Waals surface area contributed by atoms with Gasteiger partial charge in [-0.05, 0) is 41.8 Å². The number of pyridine rings is 1. The molecule has 2 aromatic heterocycles. The normalized spacial score (nSPS) is 11.0. The Kier molecular flexibility index (Phi) is 5.39. The largest absolute Gasteiger partial charge is 0.480 e. The lowest BCUT2D eigenvalue weighted by molar-refractivity contribution is -0.118. The van der Waals surface area contributed by atoms with Crippen molar-refractivity contribution in [2.75, 3.05) is 17.7 Å². The van der Waals surface area contributed by atoms with E-state index in [0.29, 0.717) is 23.0 Å². The van der Waals surface area contributed by atoms with Crippen LogP contribution in [-0.2, 0) is 4.79 Å². The summed E-state index contributed by atoms with van der Waals surface area (Å²) < 4.78 is 7.68. The zero-order valence-electron chi connectivity index (χ0n) is 17.0. The van der Waals surface area contributed by atoms with Gasteiger partial charge in [0.25, 0.3) is 5.91 Å². The fourth-order valence-corrected chi connectivity index (χ4v) is 3.38. The lowest BCUT2D eigenvalue weighted by atomic mass is 10.0. The maximum atomic E-state index is 12.5. The van der Waals surface area contributed by atoms with Crippen LogP contribution in [0.3, 0.4) is 0 Å². The van der Waals surface area contributed by atoms with Crippen LogP contribution in [0.5, 0.6) is 5.75 Å². The summed E-state index contributed by atoms with van der Waals surface area (Å²) >= 11 is 0. The molecule has 0 aliphatic heterocycles. The van der Waals surface area contributed by atoms with Crippen LogP contribution in [0.2, 0.25) is 0 Å². The number of ether oxygens (including phenoxy) is 1. The van der Waals surface area contributed by atoms with Gasteiger partial charge >= 0.3 is 0 Å². The van der Waals surface area contributed by atoms with Crippen LogP contribution in [0.4, 0.5) is 11.4 Å². The summed E-state index contributed by atoms with van der Waals surface area (Å²) in [4.78, 5) is 17.2. The molecule has 0 aliphatic rings. The quantitative estimate of drug-likeness (QED) is 0.459. The smallest absolute Gasteiger partial charge is 0.262 e. The predicted molar refractivity (Wildman–Crippen MR) is 120 cm³/mol. The molecule has 0 aliphatic carbocycles. The van der Waals surface area contributed by atoms with Gasteiger partial charge in [0, 0.05) is 29.3 Å². The number of hydrogen-bond donors (Lipinski definition) is 2. The number of fused-ring (bicyclic) bond motifs is 1. The molecule has 0 fully saturated rings. The minimum atomic E-state index is -0.215. The molecule has 30 heavy (non-hydrogen) atoms. The molecular formula is C24H24N4O2. The van der Waals surface area contributed by atoms with Crippen molar-refractivity contribution in [1.82, 2.24) is 9.38 Å². The minimum Gasteiger partial charge on any atom is -0.480 e. The molecule has 4 rings (SSSR count). The Hall–Kier alpha value is -3.80. The monoisotopic (exact) mass is 400 g/mol. The maximum Gasteiger partial charge on any atom is 0.262 e. The molecule has 3 N–H and O–H groups in total. The highest BCUT2D eigenvalue weighted by Crippen LogP contribution is 2.26. The molecule has 0 radical (unpaired) electrons. The second kappa shape index (κ2) is 8.29. The van der Waals surface area contributed by atoms with Gasteiger partial charge in [-0.2, -0.15) is 0 Å². The zero-order valence-corrected chi connectivity index (χ0v) is 17.0. The number of hydrogen-bond acceptors (Lipinski definition) is 4. The third kappa shape index (κ3) is 4.12. The molecule has 4 aromatic rings. The molecule has 2 heterocycles. The number of benzene rings is 2. The van der Waals surface area contributed by atoms with E-state index in [0.717, 1.165) is 22.5 Å². The number of carbonyl (C=O) groups is 1. The van der Waals surface area contributed by atoms with Gasteiger partial charge < -0.3 is 20.2 Å². The van der Waals surface area contributed by atoms with E-state index in [1.54, 1.807) is 6.07 Å². The molecule has 0 saturated heterocycles. The second-order valence-corrected chi connectivity index (χ2v) is 7.43. The van der Waals surface area contributed by atoms with E-state index in [1.807, 2.05) is 71.4 Å². The van der Waals surface area contributed by atoms with Crippen molar-refractivity contribution in [1.29, 1.82) is 0 Å². The average Bonchev–Trinajstić information content (AvgIpc) is 3.17. The first-order chi connectivity index (χ1) is 14.5. The lowest BCUT2D eigenvalue weighted by Crippen LogP contribution is -2.21. The van der Waals surface area contributed by atoms with Crippen LogP contribution in [0, 0.1) is 0 Å². The Morgan fingerprint density at radius 3 is 2.77 bits per heavy atom. The fraction of sp³-hybridized carbons (Fsp3) is 0.167. The number of imidazole rings is 1. The lowest BCUT2D eigenvalue weighted by Gasteiger charge is -2.14. The predicted octanol–water partition coefficient (Wildman–Crippen LogP) is 4.72. The zero-order chi connectivity index (χ0) is 21.1. The topological polar surface area (TPSA) is 81.6 Å². The molecule has 0 spiro atoms. The molecule has 6 heteroatoms. The van der Waals surface area contributed by atoms with E-state index >= 15 is 0 Å². The Morgan fingerprint density at radius 1 is 1.13 bits per heavy atom. The summed E-state index contributed by atoms with van der Waals surface area (Å²) in [5, 5.41) is 2.94. The fourth-order valence-electron chi connectivity index (χ4n) is 3.38. The van der Waals surface area contributed by atoms with Crippen LogP contribution in [-0.4, -0.2) is 21.9 Å². The number of amides is 1. The number of nitrogens with one attached hydrogen (secondary N) is 1. The van der Waals surface area contributed by atoms with Gasteiger partial charge in [0.1, 0.15) is 0 Å². The molecular weight excluding hydrogens is 376 g/mol.